The molecule has 0 saturated carbocycles. The summed E-state index contributed by atoms with van der Waals surface area (Å²) in [5, 5.41) is 26.8. The van der Waals surface area contributed by atoms with Crippen LogP contribution in [0.3, 0.4) is 0 Å². The predicted molar refractivity (Wildman–Crippen MR) is 236 cm³/mol. The van der Waals surface area contributed by atoms with E-state index in [0.29, 0.717) is 34.9 Å². The van der Waals surface area contributed by atoms with Gasteiger partial charge in [-0.2, -0.15) is 0 Å². The Kier molecular flexibility index (Phi) is 14.0. The summed E-state index contributed by atoms with van der Waals surface area (Å²) >= 11 is 0. The second kappa shape index (κ2) is 20.3. The number of nitrogens with one attached hydrogen (secondary N) is 2. The Morgan fingerprint density at radius 1 is 0.557 bits per heavy atom. The SMILES string of the molecule is CN(C)CCCNc1nc(-c2ccc(Oc3ccc(F)cc3)cc2)c2ccccc2n1.OC[C@H](O)CNc1nc(-c2ccc(Oc3ccc(F)cc3)cc2)c2ccccc2n1. The average Bonchev–Trinajstić information content (AvgIpc) is 3.28. The average molecular weight is 822 g/mol. The van der Waals surface area contributed by atoms with E-state index in [1.54, 1.807) is 24.3 Å². The number of nitrogens with zero attached hydrogens (tertiary/aromatic N) is 5. The van der Waals surface area contributed by atoms with Crippen molar-refractivity contribution in [3.8, 4) is 45.5 Å². The van der Waals surface area contributed by atoms with E-state index in [4.69, 9.17) is 19.6 Å². The quantitative estimate of drug-likeness (QED) is 0.0736. The zero-order chi connectivity index (χ0) is 42.6. The molecule has 13 heteroatoms. The van der Waals surface area contributed by atoms with Crippen LogP contribution in [-0.2, 0) is 0 Å². The van der Waals surface area contributed by atoms with Crippen LogP contribution >= 0.6 is 0 Å². The molecule has 0 saturated heterocycles. The van der Waals surface area contributed by atoms with Gasteiger partial charge < -0.3 is 35.2 Å². The highest BCUT2D eigenvalue weighted by Gasteiger charge is 2.13. The molecule has 0 aliphatic rings. The molecule has 0 radical (unpaired) electrons. The molecule has 4 N–H and O–H groups in total. The van der Waals surface area contributed by atoms with Crippen LogP contribution in [0.1, 0.15) is 6.42 Å². The molecule has 11 nitrogen and oxygen atoms in total. The molecule has 2 heterocycles. The highest BCUT2D eigenvalue weighted by molar-refractivity contribution is 5.94. The normalized spacial score (nSPS) is 11.5. The number of anilines is 2. The maximum absolute atomic E-state index is 13.1. The first-order valence-electron chi connectivity index (χ1n) is 19.7. The molecule has 0 bridgehead atoms. The minimum Gasteiger partial charge on any atom is -0.457 e. The van der Waals surface area contributed by atoms with E-state index in [0.717, 1.165) is 63.8 Å². The Labute approximate surface area is 352 Å². The van der Waals surface area contributed by atoms with Crippen molar-refractivity contribution in [2.75, 3.05) is 51.0 Å². The second-order valence-corrected chi connectivity index (χ2v) is 14.3. The minimum atomic E-state index is -0.897. The summed E-state index contributed by atoms with van der Waals surface area (Å²) in [6.45, 7) is 1.60. The summed E-state index contributed by atoms with van der Waals surface area (Å²) in [4.78, 5) is 20.7. The molecule has 0 aliphatic heterocycles. The Balaban J connectivity index is 0.000000184. The van der Waals surface area contributed by atoms with Gasteiger partial charge in [-0.15, -0.1) is 0 Å². The van der Waals surface area contributed by atoms with E-state index < -0.39 is 6.10 Å². The minimum absolute atomic E-state index is 0.138. The van der Waals surface area contributed by atoms with Gasteiger partial charge in [0.15, 0.2) is 0 Å². The maximum atomic E-state index is 13.1. The molecule has 6 aromatic carbocycles. The van der Waals surface area contributed by atoms with Crippen LogP contribution in [-0.4, -0.2) is 81.5 Å². The van der Waals surface area contributed by atoms with Crippen molar-refractivity contribution < 1.29 is 28.5 Å². The Morgan fingerprint density at radius 3 is 1.39 bits per heavy atom. The monoisotopic (exact) mass is 821 g/mol. The third-order valence-corrected chi connectivity index (χ3v) is 9.33. The largest absolute Gasteiger partial charge is 0.457 e. The number of aliphatic hydroxyl groups is 2. The van der Waals surface area contributed by atoms with Crippen molar-refractivity contribution in [3.63, 3.8) is 0 Å². The summed E-state index contributed by atoms with van der Waals surface area (Å²) < 4.78 is 37.7. The standard InChI is InChI=1S/C25H25FN4O.C23H20FN3O3/c1-30(2)17-5-16-27-25-28-23-7-4-3-6-22(23)24(29-25)18-8-12-20(13-9-18)31-21-14-10-19(26)11-15-21;24-16-7-11-19(12-8-16)30-18-9-5-15(6-10-18)22-20-3-1-2-4-21(20)26-23(27-22)25-13-17(29)14-28/h3-4,6-15H,5,16-17H2,1-2H3,(H,27,28,29);1-12,17,28-29H,13-14H2,(H,25,26,27)/t;17-/m.1/s1. The molecule has 2 aromatic heterocycles. The third kappa shape index (κ3) is 11.6. The van der Waals surface area contributed by atoms with Gasteiger partial charge in [0.25, 0.3) is 0 Å². The van der Waals surface area contributed by atoms with Gasteiger partial charge in [-0.05, 0) is 136 Å². The number of aromatic nitrogens is 4. The number of aliphatic hydroxyl groups excluding tert-OH is 2. The van der Waals surface area contributed by atoms with Crippen molar-refractivity contribution in [2.45, 2.75) is 12.5 Å². The summed E-state index contributed by atoms with van der Waals surface area (Å²) in [5.41, 5.74) is 5.10. The fourth-order valence-electron chi connectivity index (χ4n) is 6.26. The molecule has 1 atom stereocenters. The van der Waals surface area contributed by atoms with Crippen LogP contribution in [0.5, 0.6) is 23.0 Å². The van der Waals surface area contributed by atoms with Gasteiger partial charge in [0.1, 0.15) is 34.6 Å². The van der Waals surface area contributed by atoms with Crippen LogP contribution in [0.2, 0.25) is 0 Å². The Bertz CT molecular complexity index is 2650. The molecule has 0 amide bonds. The smallest absolute Gasteiger partial charge is 0.223 e. The molecule has 61 heavy (non-hydrogen) atoms. The predicted octanol–water partition coefficient (Wildman–Crippen LogP) is 9.59. The summed E-state index contributed by atoms with van der Waals surface area (Å²) in [6.07, 6.45) is 0.111. The van der Waals surface area contributed by atoms with Gasteiger partial charge in [0, 0.05) is 35.0 Å². The van der Waals surface area contributed by atoms with E-state index in [-0.39, 0.29) is 24.8 Å². The molecular formula is C48H45F2N7O4. The Hall–Kier alpha value is -7.06. The van der Waals surface area contributed by atoms with E-state index >= 15 is 0 Å². The van der Waals surface area contributed by atoms with E-state index in [9.17, 15) is 13.9 Å². The highest BCUT2D eigenvalue weighted by atomic mass is 19.1. The third-order valence-electron chi connectivity index (χ3n) is 9.33. The van der Waals surface area contributed by atoms with Crippen LogP contribution in [0.4, 0.5) is 20.7 Å². The van der Waals surface area contributed by atoms with E-state index in [1.807, 2.05) is 97.1 Å². The summed E-state index contributed by atoms with van der Waals surface area (Å²) in [7, 11) is 4.13. The van der Waals surface area contributed by atoms with E-state index in [1.165, 1.54) is 24.3 Å². The number of benzene rings is 6. The lowest BCUT2D eigenvalue weighted by atomic mass is 10.1. The van der Waals surface area contributed by atoms with Crippen LogP contribution < -0.4 is 20.1 Å². The van der Waals surface area contributed by atoms with Gasteiger partial charge in [0.2, 0.25) is 11.9 Å². The molecular weight excluding hydrogens is 777 g/mol. The number of halogens is 2. The van der Waals surface area contributed by atoms with Crippen molar-refractivity contribution >= 4 is 33.7 Å². The summed E-state index contributed by atoms with van der Waals surface area (Å²) in [6, 6.07) is 42.6. The number of fused-ring (bicyclic) bond motifs is 2. The van der Waals surface area contributed by atoms with Gasteiger partial charge >= 0.3 is 0 Å². The first-order chi connectivity index (χ1) is 29.7. The van der Waals surface area contributed by atoms with Gasteiger partial charge in [-0.3, -0.25) is 0 Å². The zero-order valence-electron chi connectivity index (χ0n) is 33.7. The first-order valence-corrected chi connectivity index (χ1v) is 19.7. The molecule has 8 aromatic rings. The van der Waals surface area contributed by atoms with Gasteiger partial charge in [-0.1, -0.05) is 36.4 Å². The van der Waals surface area contributed by atoms with Crippen LogP contribution in [0.25, 0.3) is 44.3 Å². The zero-order valence-corrected chi connectivity index (χ0v) is 33.7. The topological polar surface area (TPSA) is 138 Å². The van der Waals surface area contributed by atoms with Crippen molar-refractivity contribution in [1.82, 2.24) is 24.8 Å². The van der Waals surface area contributed by atoms with Gasteiger partial charge in [0.05, 0.1) is 35.1 Å². The molecule has 0 aliphatic carbocycles. The number of hydrogen-bond acceptors (Lipinski definition) is 11. The van der Waals surface area contributed by atoms with Crippen LogP contribution in [0, 0.1) is 11.6 Å². The maximum Gasteiger partial charge on any atom is 0.223 e. The number of para-hydroxylation sites is 2. The number of rotatable bonds is 15. The van der Waals surface area contributed by atoms with Gasteiger partial charge in [-0.25, -0.2) is 28.7 Å². The molecule has 8 rings (SSSR count). The lowest BCUT2D eigenvalue weighted by Crippen LogP contribution is -2.23. The first kappa shape index (κ1) is 42.1. The molecule has 0 unspecified atom stereocenters. The second-order valence-electron chi connectivity index (χ2n) is 14.3. The Morgan fingerprint density at radius 2 is 0.967 bits per heavy atom. The molecule has 310 valence electrons. The number of hydrogen-bond donors (Lipinski definition) is 4. The van der Waals surface area contributed by atoms with Crippen molar-refractivity contribution in [3.05, 3.63) is 157 Å². The van der Waals surface area contributed by atoms with E-state index in [2.05, 4.69) is 44.6 Å². The lowest BCUT2D eigenvalue weighted by Gasteiger charge is -2.12. The summed E-state index contributed by atoms with van der Waals surface area (Å²) in [5.74, 6) is 2.82. The highest BCUT2D eigenvalue weighted by Crippen LogP contribution is 2.32. The molecule has 0 fully saturated rings. The van der Waals surface area contributed by atoms with Crippen LogP contribution in [0.15, 0.2) is 146 Å². The fourth-order valence-corrected chi connectivity index (χ4v) is 6.26. The lowest BCUT2D eigenvalue weighted by molar-refractivity contribution is 0.105. The number of ether oxygens (including phenoxy) is 2. The van der Waals surface area contributed by atoms with Crippen molar-refractivity contribution in [1.29, 1.82) is 0 Å². The molecule has 0 spiro atoms. The fraction of sp³-hybridized carbons (Fsp3) is 0.167. The van der Waals surface area contributed by atoms with Crippen molar-refractivity contribution in [2.24, 2.45) is 0 Å².